The van der Waals surface area contributed by atoms with Crippen molar-refractivity contribution in [2.24, 2.45) is 5.92 Å². The molecular formula is C20H28NO5+. The Bertz CT molecular complexity index is 657. The van der Waals surface area contributed by atoms with Gasteiger partial charge < -0.3 is 19.4 Å². The molecule has 0 bridgehead atoms. The van der Waals surface area contributed by atoms with Gasteiger partial charge in [0.1, 0.15) is 6.54 Å². The lowest BCUT2D eigenvalue weighted by atomic mass is 9.80. The van der Waals surface area contributed by atoms with E-state index in [4.69, 9.17) is 9.84 Å². The fourth-order valence-corrected chi connectivity index (χ4v) is 4.49. The molecule has 1 aromatic carbocycles. The van der Waals surface area contributed by atoms with Gasteiger partial charge in [-0.2, -0.15) is 0 Å². The van der Waals surface area contributed by atoms with Crippen LogP contribution in [0, 0.1) is 5.92 Å². The summed E-state index contributed by atoms with van der Waals surface area (Å²) in [6, 6.07) is 9.05. The van der Waals surface area contributed by atoms with Crippen LogP contribution in [0.15, 0.2) is 30.3 Å². The topological polar surface area (TPSA) is 83.8 Å². The van der Waals surface area contributed by atoms with E-state index >= 15 is 0 Å². The normalized spacial score (nSPS) is 28.6. The Morgan fingerprint density at radius 1 is 1.19 bits per heavy atom. The second-order valence-corrected chi connectivity index (χ2v) is 8.01. The number of rotatable bonds is 6. The first kappa shape index (κ1) is 18.9. The zero-order chi connectivity index (χ0) is 18.8. The summed E-state index contributed by atoms with van der Waals surface area (Å²) in [6.07, 6.45) is 3.87. The lowest BCUT2D eigenvalue weighted by Crippen LogP contribution is -2.48. The van der Waals surface area contributed by atoms with Crippen LogP contribution in [0.3, 0.4) is 0 Å². The van der Waals surface area contributed by atoms with E-state index in [0.29, 0.717) is 29.6 Å². The second kappa shape index (κ2) is 7.37. The zero-order valence-corrected chi connectivity index (χ0v) is 15.3. The molecule has 6 nitrogen and oxygen atoms in total. The van der Waals surface area contributed by atoms with Crippen LogP contribution >= 0.6 is 0 Å². The SMILES string of the molecule is C[N@+]1(CC(=O)O)CC[C@H](OC(=O)C(O)(c2ccccc2)C2CCCC2)C1. The van der Waals surface area contributed by atoms with E-state index in [1.807, 2.05) is 25.2 Å². The number of likely N-dealkylation sites (N-methyl/N-ethyl adjacent to an activating group) is 1. The average Bonchev–Trinajstić information content (AvgIpc) is 3.25. The predicted octanol–water partition coefficient (Wildman–Crippen LogP) is 1.91. The summed E-state index contributed by atoms with van der Waals surface area (Å²) in [6.45, 7) is 1.13. The first-order valence-corrected chi connectivity index (χ1v) is 9.38. The number of esters is 1. The molecule has 1 aromatic rings. The molecule has 0 spiro atoms. The van der Waals surface area contributed by atoms with Gasteiger partial charge in [-0.15, -0.1) is 0 Å². The van der Waals surface area contributed by atoms with Gasteiger partial charge in [0.25, 0.3) is 0 Å². The third-order valence-electron chi connectivity index (χ3n) is 5.90. The maximum absolute atomic E-state index is 13.0. The quantitative estimate of drug-likeness (QED) is 0.597. The van der Waals surface area contributed by atoms with Crippen molar-refractivity contribution in [3.63, 3.8) is 0 Å². The Kier molecular flexibility index (Phi) is 5.34. The number of likely N-dealkylation sites (tertiary alicyclic amines) is 1. The van der Waals surface area contributed by atoms with Gasteiger partial charge in [0.05, 0.1) is 13.6 Å². The van der Waals surface area contributed by atoms with E-state index in [1.54, 1.807) is 12.1 Å². The van der Waals surface area contributed by atoms with Crippen molar-refractivity contribution >= 4 is 11.9 Å². The number of carbonyl (C=O) groups is 2. The summed E-state index contributed by atoms with van der Waals surface area (Å²) in [4.78, 5) is 24.1. The van der Waals surface area contributed by atoms with Crippen molar-refractivity contribution in [2.45, 2.75) is 43.8 Å². The van der Waals surface area contributed by atoms with Gasteiger partial charge in [-0.3, -0.25) is 0 Å². The predicted molar refractivity (Wildman–Crippen MR) is 95.2 cm³/mol. The fourth-order valence-electron chi connectivity index (χ4n) is 4.49. The molecule has 6 heteroatoms. The highest BCUT2D eigenvalue weighted by Gasteiger charge is 2.49. The molecule has 1 saturated heterocycles. The zero-order valence-electron chi connectivity index (χ0n) is 15.3. The van der Waals surface area contributed by atoms with Gasteiger partial charge in [-0.1, -0.05) is 43.2 Å². The molecule has 2 fully saturated rings. The Morgan fingerprint density at radius 3 is 2.46 bits per heavy atom. The lowest BCUT2D eigenvalue weighted by Gasteiger charge is -2.33. The largest absolute Gasteiger partial charge is 0.477 e. The Morgan fingerprint density at radius 2 is 1.85 bits per heavy atom. The van der Waals surface area contributed by atoms with E-state index in [9.17, 15) is 14.7 Å². The van der Waals surface area contributed by atoms with Crippen molar-refractivity contribution in [3.05, 3.63) is 35.9 Å². The van der Waals surface area contributed by atoms with E-state index in [0.717, 1.165) is 25.7 Å². The number of carboxylic acids is 1. The van der Waals surface area contributed by atoms with Gasteiger partial charge in [0, 0.05) is 12.3 Å². The summed E-state index contributed by atoms with van der Waals surface area (Å²) in [5.41, 5.74) is -1.05. The Labute approximate surface area is 154 Å². The van der Waals surface area contributed by atoms with Crippen LogP contribution in [0.5, 0.6) is 0 Å². The van der Waals surface area contributed by atoms with Crippen LogP contribution in [0.25, 0.3) is 0 Å². The van der Waals surface area contributed by atoms with Gasteiger partial charge in [-0.05, 0) is 18.4 Å². The van der Waals surface area contributed by atoms with Crippen molar-refractivity contribution in [3.8, 4) is 0 Å². The number of aliphatic carboxylic acids is 1. The van der Waals surface area contributed by atoms with E-state index in [2.05, 4.69) is 0 Å². The lowest BCUT2D eigenvalue weighted by molar-refractivity contribution is -0.891. The van der Waals surface area contributed by atoms with Crippen molar-refractivity contribution in [1.82, 2.24) is 0 Å². The standard InChI is InChI=1S/C20H27NO5/c1-21(14-18(22)23)12-11-17(13-21)26-19(24)20(25,16-9-5-6-10-16)15-7-3-2-4-8-15/h2-4,7-8,16-17,25H,5-6,9-14H2,1H3/p+1/t17-,20?,21-/m0/s1. The number of benzene rings is 1. The summed E-state index contributed by atoms with van der Waals surface area (Å²) in [5, 5.41) is 20.5. The van der Waals surface area contributed by atoms with Gasteiger partial charge >= 0.3 is 11.9 Å². The number of carboxylic acid groups (broad SMARTS) is 1. The third-order valence-corrected chi connectivity index (χ3v) is 5.90. The number of carbonyl (C=O) groups excluding carboxylic acids is 1. The van der Waals surface area contributed by atoms with E-state index < -0.39 is 17.5 Å². The summed E-state index contributed by atoms with van der Waals surface area (Å²) < 4.78 is 6.07. The monoisotopic (exact) mass is 362 g/mol. The minimum Gasteiger partial charge on any atom is -0.477 e. The van der Waals surface area contributed by atoms with Gasteiger partial charge in [-0.25, -0.2) is 9.59 Å². The Hall–Kier alpha value is -1.92. The molecule has 3 atom stereocenters. The van der Waals surface area contributed by atoms with E-state index in [1.165, 1.54) is 0 Å². The Balaban J connectivity index is 1.76. The van der Waals surface area contributed by atoms with Crippen LogP contribution < -0.4 is 0 Å². The van der Waals surface area contributed by atoms with Gasteiger partial charge in [0.2, 0.25) is 0 Å². The molecule has 0 aromatic heterocycles. The number of quaternary nitrogens is 1. The van der Waals surface area contributed by atoms with Crippen molar-refractivity contribution in [1.29, 1.82) is 0 Å². The highest BCUT2D eigenvalue weighted by Crippen LogP contribution is 2.42. The molecule has 3 rings (SSSR count). The molecule has 0 radical (unpaired) electrons. The molecule has 1 unspecified atom stereocenters. The highest BCUT2D eigenvalue weighted by atomic mass is 16.6. The molecule has 2 aliphatic rings. The summed E-state index contributed by atoms with van der Waals surface area (Å²) >= 11 is 0. The minimum atomic E-state index is -1.63. The van der Waals surface area contributed by atoms with Crippen LogP contribution in [0.4, 0.5) is 0 Å². The maximum Gasteiger partial charge on any atom is 0.359 e. The molecule has 1 heterocycles. The maximum atomic E-state index is 13.0. The minimum absolute atomic E-state index is 0.0135. The number of ether oxygens (including phenoxy) is 1. The molecule has 2 N–H and O–H groups in total. The number of hydrogen-bond donors (Lipinski definition) is 2. The highest BCUT2D eigenvalue weighted by molar-refractivity contribution is 5.81. The van der Waals surface area contributed by atoms with Crippen LogP contribution in [0.1, 0.15) is 37.7 Å². The van der Waals surface area contributed by atoms with Crippen molar-refractivity contribution in [2.75, 3.05) is 26.7 Å². The number of aliphatic hydroxyl groups is 1. The molecule has 1 saturated carbocycles. The van der Waals surface area contributed by atoms with Crippen LogP contribution in [0.2, 0.25) is 0 Å². The van der Waals surface area contributed by atoms with E-state index in [-0.39, 0.29) is 18.6 Å². The fraction of sp³-hybridized carbons (Fsp3) is 0.600. The van der Waals surface area contributed by atoms with Crippen LogP contribution in [-0.4, -0.2) is 59.4 Å². The first-order chi connectivity index (χ1) is 12.3. The molecule has 1 aliphatic carbocycles. The summed E-state index contributed by atoms with van der Waals surface area (Å²) in [5.74, 6) is -1.59. The smallest absolute Gasteiger partial charge is 0.359 e. The third kappa shape index (κ3) is 3.76. The van der Waals surface area contributed by atoms with Crippen LogP contribution in [-0.2, 0) is 19.9 Å². The number of nitrogens with zero attached hydrogens (tertiary/aromatic N) is 1. The molecule has 26 heavy (non-hydrogen) atoms. The molecular weight excluding hydrogens is 334 g/mol. The molecule has 142 valence electrons. The molecule has 1 aliphatic heterocycles. The number of hydrogen-bond acceptors (Lipinski definition) is 4. The average molecular weight is 362 g/mol. The second-order valence-electron chi connectivity index (χ2n) is 8.01. The van der Waals surface area contributed by atoms with Gasteiger partial charge in [0.15, 0.2) is 18.2 Å². The summed E-state index contributed by atoms with van der Waals surface area (Å²) in [7, 11) is 1.86. The van der Waals surface area contributed by atoms with Crippen molar-refractivity contribution < 1.29 is 29.0 Å². The first-order valence-electron chi connectivity index (χ1n) is 9.38. The molecule has 0 amide bonds.